The average molecular weight is 441 g/mol. The molecular weight excluding hydrogens is 396 g/mol. The Morgan fingerprint density at radius 3 is 1.97 bits per heavy atom. The molecule has 1 rings (SSSR count). The van der Waals surface area contributed by atoms with Crippen molar-refractivity contribution in [2.24, 2.45) is 35.0 Å². The van der Waals surface area contributed by atoms with Gasteiger partial charge in [0.05, 0.1) is 0 Å². The number of hydrogen-bond donors (Lipinski definition) is 0. The normalized spacial score (nSPS) is 16.4. The van der Waals surface area contributed by atoms with Crippen LogP contribution in [0.15, 0.2) is 42.0 Å². The van der Waals surface area contributed by atoms with Crippen LogP contribution in [0, 0.1) is 35.0 Å². The van der Waals surface area contributed by atoms with Crippen molar-refractivity contribution in [3.05, 3.63) is 47.5 Å². The van der Waals surface area contributed by atoms with E-state index in [9.17, 15) is 14.4 Å². The van der Waals surface area contributed by atoms with Crippen LogP contribution in [0.25, 0.3) is 0 Å². The van der Waals surface area contributed by atoms with Gasteiger partial charge in [-0.15, -0.1) is 0 Å². The number of rotatable bonds is 12. The van der Waals surface area contributed by atoms with E-state index in [1.165, 1.54) is 0 Å². The molecule has 0 amide bonds. The van der Waals surface area contributed by atoms with E-state index in [-0.39, 0.29) is 58.8 Å². The lowest BCUT2D eigenvalue weighted by molar-refractivity contribution is -0.136. The molecule has 0 heterocycles. The van der Waals surface area contributed by atoms with E-state index in [1.54, 1.807) is 6.92 Å². The highest BCUT2D eigenvalue weighted by Gasteiger charge is 2.39. The predicted molar refractivity (Wildman–Crippen MR) is 133 cm³/mol. The maximum atomic E-state index is 13.7. The van der Waals surface area contributed by atoms with Crippen molar-refractivity contribution in [1.82, 2.24) is 0 Å². The number of benzene rings is 1. The van der Waals surface area contributed by atoms with Crippen LogP contribution in [-0.4, -0.2) is 17.3 Å². The molecule has 178 valence electrons. The lowest BCUT2D eigenvalue weighted by Gasteiger charge is -2.35. The average Bonchev–Trinajstić information content (AvgIpc) is 2.72. The van der Waals surface area contributed by atoms with Crippen molar-refractivity contribution in [2.75, 3.05) is 0 Å². The third-order valence-corrected chi connectivity index (χ3v) is 6.86. The fourth-order valence-electron chi connectivity index (χ4n) is 4.41. The first-order chi connectivity index (χ1) is 14.8. The minimum Gasteiger partial charge on any atom is -0.299 e. The first-order valence-electron chi connectivity index (χ1n) is 12.1. The Morgan fingerprint density at radius 2 is 1.53 bits per heavy atom. The third-order valence-electron chi connectivity index (χ3n) is 6.86. The number of hydrogen-bond acceptors (Lipinski definition) is 3. The Morgan fingerprint density at radius 1 is 0.969 bits per heavy atom. The van der Waals surface area contributed by atoms with E-state index in [1.807, 2.05) is 45.0 Å². The number of allylic oxidation sites excluding steroid dienone is 2. The van der Waals surface area contributed by atoms with Crippen LogP contribution in [-0.2, 0) is 20.8 Å². The quantitative estimate of drug-likeness (QED) is 0.333. The molecule has 0 saturated carbocycles. The monoisotopic (exact) mass is 440 g/mol. The van der Waals surface area contributed by atoms with Crippen LogP contribution >= 0.6 is 0 Å². The molecule has 1 aromatic carbocycles. The topological polar surface area (TPSA) is 51.2 Å². The van der Waals surface area contributed by atoms with Crippen LogP contribution in [0.4, 0.5) is 0 Å². The van der Waals surface area contributed by atoms with Gasteiger partial charge >= 0.3 is 0 Å². The first-order valence-corrected chi connectivity index (χ1v) is 12.1. The Hall–Kier alpha value is -2.03. The zero-order chi connectivity index (χ0) is 24.6. The fraction of sp³-hybridized carbons (Fsp3) is 0.621. The highest BCUT2D eigenvalue weighted by atomic mass is 16.1. The van der Waals surface area contributed by atoms with Gasteiger partial charge in [-0.2, -0.15) is 0 Å². The summed E-state index contributed by atoms with van der Waals surface area (Å²) in [5.74, 6) is -0.146. The Kier molecular flexibility index (Phi) is 10.7. The summed E-state index contributed by atoms with van der Waals surface area (Å²) in [7, 11) is 0. The molecule has 1 aromatic rings. The zero-order valence-corrected chi connectivity index (χ0v) is 21.7. The summed E-state index contributed by atoms with van der Waals surface area (Å²) in [5, 5.41) is 0. The maximum absolute atomic E-state index is 13.7. The van der Waals surface area contributed by atoms with E-state index in [4.69, 9.17) is 0 Å². The van der Waals surface area contributed by atoms with Crippen molar-refractivity contribution in [3.63, 3.8) is 0 Å². The van der Waals surface area contributed by atoms with Gasteiger partial charge in [0.15, 0.2) is 5.78 Å². The first kappa shape index (κ1) is 28.0. The minimum absolute atomic E-state index is 0.0300. The van der Waals surface area contributed by atoms with Crippen LogP contribution in [0.1, 0.15) is 80.7 Å². The standard InChI is InChI=1S/C29H44O3/c1-10-24(17-23-14-12-11-13-15-23)27(31)18-26(29(7,8)9)28(32)21(5)25(19(2)3)16-20(4)22(6)30/h11-16,19,21,24-26H,10,17-18H2,1-9H3/b20-16+. The molecule has 4 unspecified atom stereocenters. The van der Waals surface area contributed by atoms with Crippen molar-refractivity contribution in [1.29, 1.82) is 0 Å². The van der Waals surface area contributed by atoms with Crippen molar-refractivity contribution in [3.8, 4) is 0 Å². The molecule has 0 bridgehead atoms. The number of ketones is 3. The van der Waals surface area contributed by atoms with Crippen molar-refractivity contribution < 1.29 is 14.4 Å². The summed E-state index contributed by atoms with van der Waals surface area (Å²) in [6.45, 7) is 17.7. The van der Waals surface area contributed by atoms with E-state index in [0.717, 1.165) is 12.0 Å². The number of carbonyl (C=O) groups excluding carboxylic acids is 3. The summed E-state index contributed by atoms with van der Waals surface area (Å²) in [4.78, 5) is 38.8. The Bertz CT molecular complexity index is 795. The summed E-state index contributed by atoms with van der Waals surface area (Å²) < 4.78 is 0. The van der Waals surface area contributed by atoms with Gasteiger partial charge in [0.1, 0.15) is 11.6 Å². The molecule has 0 N–H and O–H groups in total. The molecule has 0 aliphatic carbocycles. The summed E-state index contributed by atoms with van der Waals surface area (Å²) in [6.07, 6.45) is 3.72. The molecule has 4 atom stereocenters. The lowest BCUT2D eigenvalue weighted by atomic mass is 9.68. The molecule has 0 aromatic heterocycles. The molecule has 0 radical (unpaired) electrons. The Balaban J connectivity index is 3.13. The lowest BCUT2D eigenvalue weighted by Crippen LogP contribution is -2.38. The van der Waals surface area contributed by atoms with Gasteiger partial charge in [0.25, 0.3) is 0 Å². The van der Waals surface area contributed by atoms with Gasteiger partial charge in [-0.25, -0.2) is 0 Å². The molecule has 0 aliphatic rings. The molecule has 0 saturated heterocycles. The van der Waals surface area contributed by atoms with Crippen molar-refractivity contribution in [2.45, 2.75) is 81.6 Å². The Labute approximate surface area is 196 Å². The number of Topliss-reactive ketones (excluding diaryl/α,β-unsaturated/α-hetero) is 3. The molecule has 32 heavy (non-hydrogen) atoms. The van der Waals surface area contributed by atoms with Gasteiger partial charge in [-0.3, -0.25) is 14.4 Å². The van der Waals surface area contributed by atoms with E-state index in [0.29, 0.717) is 12.0 Å². The molecule has 0 aliphatic heterocycles. The largest absolute Gasteiger partial charge is 0.299 e. The molecule has 0 spiro atoms. The van der Waals surface area contributed by atoms with Gasteiger partial charge in [-0.05, 0) is 55.1 Å². The van der Waals surface area contributed by atoms with E-state index < -0.39 is 0 Å². The second-order valence-corrected chi connectivity index (χ2v) is 10.8. The second-order valence-electron chi connectivity index (χ2n) is 10.8. The molecule has 3 nitrogen and oxygen atoms in total. The molecule has 3 heteroatoms. The van der Waals surface area contributed by atoms with Gasteiger partial charge in [0.2, 0.25) is 0 Å². The minimum atomic E-state index is -0.345. The molecular formula is C29H44O3. The number of carbonyl (C=O) groups is 3. The van der Waals surface area contributed by atoms with Crippen LogP contribution in [0.2, 0.25) is 0 Å². The second kappa shape index (κ2) is 12.3. The van der Waals surface area contributed by atoms with Crippen LogP contribution in [0.5, 0.6) is 0 Å². The van der Waals surface area contributed by atoms with E-state index >= 15 is 0 Å². The predicted octanol–water partition coefficient (Wildman–Crippen LogP) is 6.89. The van der Waals surface area contributed by atoms with Gasteiger partial charge in [0, 0.05) is 24.2 Å². The third kappa shape index (κ3) is 8.15. The van der Waals surface area contributed by atoms with Crippen molar-refractivity contribution >= 4 is 17.3 Å². The summed E-state index contributed by atoms with van der Waals surface area (Å²) in [5.41, 5.74) is 1.54. The highest BCUT2D eigenvalue weighted by molar-refractivity contribution is 5.93. The van der Waals surface area contributed by atoms with Gasteiger partial charge in [-0.1, -0.05) is 84.9 Å². The van der Waals surface area contributed by atoms with E-state index in [2.05, 4.69) is 46.8 Å². The molecule has 0 fully saturated rings. The summed E-state index contributed by atoms with van der Waals surface area (Å²) >= 11 is 0. The van der Waals surface area contributed by atoms with Crippen LogP contribution < -0.4 is 0 Å². The summed E-state index contributed by atoms with van der Waals surface area (Å²) in [6, 6.07) is 10.1. The van der Waals surface area contributed by atoms with Crippen LogP contribution in [0.3, 0.4) is 0 Å². The zero-order valence-electron chi connectivity index (χ0n) is 21.7. The smallest absolute Gasteiger partial charge is 0.155 e. The maximum Gasteiger partial charge on any atom is 0.155 e. The SMILES string of the molecule is CCC(Cc1ccccc1)C(=O)CC(C(=O)C(C)C(/C=C(\C)C(C)=O)C(C)C)C(C)(C)C. The highest BCUT2D eigenvalue weighted by Crippen LogP contribution is 2.37. The fourth-order valence-corrected chi connectivity index (χ4v) is 4.41. The van der Waals surface area contributed by atoms with Gasteiger partial charge < -0.3 is 0 Å².